The Balaban J connectivity index is 2.04. The van der Waals surface area contributed by atoms with Gasteiger partial charge in [0, 0.05) is 4.70 Å². The average Bonchev–Trinajstić information content (AvgIpc) is 2.90. The highest BCUT2D eigenvalue weighted by molar-refractivity contribution is 9.10. The highest BCUT2D eigenvalue weighted by atomic mass is 79.9. The van der Waals surface area contributed by atoms with E-state index < -0.39 is 0 Å². The fraction of sp³-hybridized carbons (Fsp3) is 0.125. The normalized spacial score (nSPS) is 12.6. The van der Waals surface area contributed by atoms with Gasteiger partial charge in [-0.3, -0.25) is 0 Å². The van der Waals surface area contributed by atoms with Gasteiger partial charge in [0.15, 0.2) is 0 Å². The molecule has 0 saturated carbocycles. The van der Waals surface area contributed by atoms with Crippen molar-refractivity contribution < 1.29 is 4.74 Å². The summed E-state index contributed by atoms with van der Waals surface area (Å²) in [4.78, 5) is 0. The van der Waals surface area contributed by atoms with Crippen LogP contribution in [0, 0.1) is 0 Å². The van der Waals surface area contributed by atoms with Gasteiger partial charge in [0.25, 0.3) is 0 Å². The van der Waals surface area contributed by atoms with Gasteiger partial charge in [0.05, 0.1) is 17.6 Å². The van der Waals surface area contributed by atoms with E-state index in [1.54, 1.807) is 18.4 Å². The highest BCUT2D eigenvalue weighted by Crippen LogP contribution is 2.34. The van der Waals surface area contributed by atoms with Crippen LogP contribution in [0.25, 0.3) is 10.1 Å². The van der Waals surface area contributed by atoms with Crippen LogP contribution >= 0.6 is 27.3 Å². The third kappa shape index (κ3) is 2.35. The predicted octanol–water partition coefficient (Wildman–Crippen LogP) is 4.72. The first kappa shape index (κ1) is 13.6. The molecule has 0 aliphatic heterocycles. The summed E-state index contributed by atoms with van der Waals surface area (Å²) in [5.41, 5.74) is 8.67. The number of ether oxygens (including phenoxy) is 1. The summed E-state index contributed by atoms with van der Waals surface area (Å²) < 4.78 is 7.45. The molecule has 4 heteroatoms. The minimum atomic E-state index is -0.131. The van der Waals surface area contributed by atoms with Crippen LogP contribution in [0.4, 0.5) is 0 Å². The van der Waals surface area contributed by atoms with E-state index in [-0.39, 0.29) is 6.04 Å². The van der Waals surface area contributed by atoms with Gasteiger partial charge in [-0.25, -0.2) is 0 Å². The quantitative estimate of drug-likeness (QED) is 0.743. The van der Waals surface area contributed by atoms with Gasteiger partial charge in [0.1, 0.15) is 5.75 Å². The third-order valence-corrected chi connectivity index (χ3v) is 4.98. The Morgan fingerprint density at radius 2 is 2.00 bits per heavy atom. The van der Waals surface area contributed by atoms with Crippen molar-refractivity contribution >= 4 is 37.4 Å². The zero-order valence-corrected chi connectivity index (χ0v) is 13.4. The molecule has 1 atom stereocenters. The standard InChI is InChI=1S/C16H14BrNOS/c1-19-14-7-6-10(8-13(14)17)16(18)12-9-20-15-5-3-2-4-11(12)15/h2-9,16H,18H2,1H3. The Bertz CT molecular complexity index is 753. The maximum atomic E-state index is 6.43. The lowest BCUT2D eigenvalue weighted by atomic mass is 9.99. The number of hydrogen-bond donors (Lipinski definition) is 1. The molecule has 0 fully saturated rings. The number of fused-ring (bicyclic) bond motifs is 1. The van der Waals surface area contributed by atoms with Gasteiger partial charge >= 0.3 is 0 Å². The van der Waals surface area contributed by atoms with E-state index in [0.717, 1.165) is 15.8 Å². The van der Waals surface area contributed by atoms with E-state index >= 15 is 0 Å². The van der Waals surface area contributed by atoms with Gasteiger partial charge in [-0.15, -0.1) is 11.3 Å². The molecule has 2 nitrogen and oxygen atoms in total. The van der Waals surface area contributed by atoms with Crippen molar-refractivity contribution in [1.82, 2.24) is 0 Å². The maximum Gasteiger partial charge on any atom is 0.133 e. The molecule has 1 aromatic heterocycles. The number of hydrogen-bond acceptors (Lipinski definition) is 3. The summed E-state index contributed by atoms with van der Waals surface area (Å²) in [6, 6.07) is 14.2. The van der Waals surface area contributed by atoms with Gasteiger partial charge in [-0.1, -0.05) is 24.3 Å². The topological polar surface area (TPSA) is 35.2 Å². The molecule has 0 bridgehead atoms. The molecule has 0 amide bonds. The number of thiophene rings is 1. The Morgan fingerprint density at radius 3 is 2.75 bits per heavy atom. The van der Waals surface area contributed by atoms with Crippen LogP contribution in [0.15, 0.2) is 52.3 Å². The molecule has 1 unspecified atom stereocenters. The van der Waals surface area contributed by atoms with Crippen molar-refractivity contribution in [1.29, 1.82) is 0 Å². The molecule has 3 rings (SSSR count). The van der Waals surface area contributed by atoms with Crippen molar-refractivity contribution in [2.45, 2.75) is 6.04 Å². The van der Waals surface area contributed by atoms with Crippen LogP contribution < -0.4 is 10.5 Å². The van der Waals surface area contributed by atoms with Crippen LogP contribution in [0.3, 0.4) is 0 Å². The zero-order chi connectivity index (χ0) is 14.1. The molecule has 0 radical (unpaired) electrons. The Morgan fingerprint density at radius 1 is 1.20 bits per heavy atom. The Labute approximate surface area is 130 Å². The predicted molar refractivity (Wildman–Crippen MR) is 88.5 cm³/mol. The summed E-state index contributed by atoms with van der Waals surface area (Å²) >= 11 is 5.24. The van der Waals surface area contributed by atoms with E-state index in [0.29, 0.717) is 0 Å². The average molecular weight is 348 g/mol. The monoisotopic (exact) mass is 347 g/mol. The molecule has 3 aromatic rings. The summed E-state index contributed by atoms with van der Waals surface area (Å²) in [5.74, 6) is 0.816. The molecule has 1 heterocycles. The van der Waals surface area contributed by atoms with Crippen LogP contribution in [0.2, 0.25) is 0 Å². The van der Waals surface area contributed by atoms with Crippen LogP contribution in [-0.4, -0.2) is 7.11 Å². The van der Waals surface area contributed by atoms with E-state index in [4.69, 9.17) is 10.5 Å². The van der Waals surface area contributed by atoms with E-state index in [1.165, 1.54) is 15.6 Å². The minimum absolute atomic E-state index is 0.131. The second kappa shape index (κ2) is 5.56. The van der Waals surface area contributed by atoms with Gasteiger partial charge < -0.3 is 10.5 Å². The molecular formula is C16H14BrNOS. The summed E-state index contributed by atoms with van der Waals surface area (Å²) in [5, 5.41) is 3.38. The molecule has 20 heavy (non-hydrogen) atoms. The van der Waals surface area contributed by atoms with E-state index in [9.17, 15) is 0 Å². The van der Waals surface area contributed by atoms with Crippen molar-refractivity contribution in [3.8, 4) is 5.75 Å². The molecule has 2 aromatic carbocycles. The zero-order valence-electron chi connectivity index (χ0n) is 11.0. The minimum Gasteiger partial charge on any atom is -0.496 e. The molecule has 0 aliphatic rings. The summed E-state index contributed by atoms with van der Waals surface area (Å²) in [7, 11) is 1.66. The largest absolute Gasteiger partial charge is 0.496 e. The molecule has 2 N–H and O–H groups in total. The van der Waals surface area contributed by atoms with E-state index in [1.807, 2.05) is 18.2 Å². The van der Waals surface area contributed by atoms with E-state index in [2.05, 4.69) is 45.6 Å². The summed E-state index contributed by atoms with van der Waals surface area (Å²) in [6.45, 7) is 0. The lowest BCUT2D eigenvalue weighted by Gasteiger charge is -2.13. The van der Waals surface area contributed by atoms with Crippen molar-refractivity contribution in [2.75, 3.05) is 7.11 Å². The fourth-order valence-corrected chi connectivity index (χ4v) is 3.85. The first-order valence-corrected chi connectivity index (χ1v) is 7.93. The van der Waals surface area contributed by atoms with Crippen molar-refractivity contribution in [3.05, 3.63) is 63.4 Å². The molecule has 0 aliphatic carbocycles. The van der Waals surface area contributed by atoms with Crippen molar-refractivity contribution in [2.24, 2.45) is 5.73 Å². The van der Waals surface area contributed by atoms with Gasteiger partial charge in [-0.05, 0) is 56.0 Å². The number of benzene rings is 2. The molecular weight excluding hydrogens is 334 g/mol. The summed E-state index contributed by atoms with van der Waals surface area (Å²) in [6.07, 6.45) is 0. The van der Waals surface area contributed by atoms with Gasteiger partial charge in [-0.2, -0.15) is 0 Å². The lowest BCUT2D eigenvalue weighted by Crippen LogP contribution is -2.11. The van der Waals surface area contributed by atoms with Crippen LogP contribution in [-0.2, 0) is 0 Å². The molecule has 0 saturated heterocycles. The van der Waals surface area contributed by atoms with Crippen LogP contribution in [0.1, 0.15) is 17.2 Å². The number of halogens is 1. The molecule has 102 valence electrons. The Kier molecular flexibility index (Phi) is 3.78. The first-order valence-electron chi connectivity index (χ1n) is 6.26. The maximum absolute atomic E-state index is 6.43. The number of nitrogens with two attached hydrogens (primary N) is 1. The first-order chi connectivity index (χ1) is 9.70. The number of rotatable bonds is 3. The highest BCUT2D eigenvalue weighted by Gasteiger charge is 2.15. The second-order valence-corrected chi connectivity index (χ2v) is 6.32. The van der Waals surface area contributed by atoms with Gasteiger partial charge in [0.2, 0.25) is 0 Å². The molecule has 0 spiro atoms. The van der Waals surface area contributed by atoms with Crippen LogP contribution in [0.5, 0.6) is 5.75 Å². The SMILES string of the molecule is COc1ccc(C(N)c2csc3ccccc23)cc1Br. The Hall–Kier alpha value is -1.36. The second-order valence-electron chi connectivity index (χ2n) is 4.56. The smallest absolute Gasteiger partial charge is 0.133 e. The van der Waals surface area contributed by atoms with Crippen molar-refractivity contribution in [3.63, 3.8) is 0 Å². The fourth-order valence-electron chi connectivity index (χ4n) is 2.29. The number of methoxy groups -OCH3 is 1. The lowest BCUT2D eigenvalue weighted by molar-refractivity contribution is 0.412. The third-order valence-electron chi connectivity index (χ3n) is 3.38.